The summed E-state index contributed by atoms with van der Waals surface area (Å²) in [5.41, 5.74) is 3.85. The van der Waals surface area contributed by atoms with E-state index in [1.807, 2.05) is 48.2 Å². The van der Waals surface area contributed by atoms with Crippen molar-refractivity contribution in [3.8, 4) is 0 Å². The summed E-state index contributed by atoms with van der Waals surface area (Å²) in [7, 11) is 0. The summed E-state index contributed by atoms with van der Waals surface area (Å²) in [6, 6.07) is 15.8. The number of anilines is 1. The third-order valence-electron chi connectivity index (χ3n) is 4.68. The van der Waals surface area contributed by atoms with Crippen LogP contribution in [-0.2, 0) is 12.3 Å². The number of hydrogen-bond donors (Lipinski definition) is 2. The van der Waals surface area contributed by atoms with Gasteiger partial charge in [0.2, 0.25) is 0 Å². The van der Waals surface area contributed by atoms with Crippen molar-refractivity contribution in [3.63, 3.8) is 0 Å². The lowest BCUT2D eigenvalue weighted by molar-refractivity contribution is 0.102. The van der Waals surface area contributed by atoms with E-state index >= 15 is 0 Å². The van der Waals surface area contributed by atoms with Gasteiger partial charge in [-0.3, -0.25) is 14.8 Å². The molecule has 4 rings (SSSR count). The molecule has 1 saturated heterocycles. The molecular formula is C21H23N5OS2. The van der Waals surface area contributed by atoms with Gasteiger partial charge in [-0.05, 0) is 35.4 Å². The molecule has 150 valence electrons. The molecule has 1 fully saturated rings. The molecule has 1 amide bonds. The van der Waals surface area contributed by atoms with Gasteiger partial charge < -0.3 is 5.32 Å². The Morgan fingerprint density at radius 3 is 2.72 bits per heavy atom. The zero-order chi connectivity index (χ0) is 19.9. The number of aromatic amines is 1. The van der Waals surface area contributed by atoms with E-state index in [4.69, 9.17) is 0 Å². The molecule has 2 aromatic carbocycles. The first-order valence-electron chi connectivity index (χ1n) is 9.54. The van der Waals surface area contributed by atoms with Gasteiger partial charge in [0.15, 0.2) is 5.16 Å². The van der Waals surface area contributed by atoms with Gasteiger partial charge in [0.1, 0.15) is 6.33 Å². The van der Waals surface area contributed by atoms with E-state index in [0.717, 1.165) is 41.8 Å². The molecule has 3 aromatic rings. The molecule has 0 bridgehead atoms. The Hall–Kier alpha value is -2.29. The second-order valence-electron chi connectivity index (χ2n) is 6.82. The molecule has 0 radical (unpaired) electrons. The smallest absolute Gasteiger partial charge is 0.255 e. The second kappa shape index (κ2) is 9.96. The second-order valence-corrected chi connectivity index (χ2v) is 9.01. The van der Waals surface area contributed by atoms with Gasteiger partial charge in [-0.25, -0.2) is 4.98 Å². The molecule has 6 nitrogen and oxygen atoms in total. The summed E-state index contributed by atoms with van der Waals surface area (Å²) < 4.78 is 0. The molecule has 0 atom stereocenters. The topological polar surface area (TPSA) is 73.9 Å². The van der Waals surface area contributed by atoms with Crippen LogP contribution in [-0.4, -0.2) is 50.6 Å². The van der Waals surface area contributed by atoms with Crippen molar-refractivity contribution in [2.24, 2.45) is 0 Å². The summed E-state index contributed by atoms with van der Waals surface area (Å²) in [5.74, 6) is 3.08. The van der Waals surface area contributed by atoms with Crippen molar-refractivity contribution in [3.05, 3.63) is 71.5 Å². The summed E-state index contributed by atoms with van der Waals surface area (Å²) in [6.07, 6.45) is 1.50. The summed E-state index contributed by atoms with van der Waals surface area (Å²) in [6.45, 7) is 3.19. The van der Waals surface area contributed by atoms with Crippen LogP contribution in [0.1, 0.15) is 21.5 Å². The van der Waals surface area contributed by atoms with Gasteiger partial charge in [-0.2, -0.15) is 16.9 Å². The highest BCUT2D eigenvalue weighted by atomic mass is 32.2. The van der Waals surface area contributed by atoms with E-state index in [1.54, 1.807) is 11.8 Å². The highest BCUT2D eigenvalue weighted by Crippen LogP contribution is 2.20. The average molecular weight is 426 g/mol. The van der Waals surface area contributed by atoms with Crippen molar-refractivity contribution in [2.45, 2.75) is 17.5 Å². The van der Waals surface area contributed by atoms with Gasteiger partial charge in [-0.1, -0.05) is 36.0 Å². The van der Waals surface area contributed by atoms with Crippen LogP contribution in [0, 0.1) is 0 Å². The average Bonchev–Trinajstić information content (AvgIpc) is 3.27. The SMILES string of the molecule is O=C(Nc1cccc(CN2CCSCC2)c1)c1ccc(CSc2ncn[nH]2)cc1. The van der Waals surface area contributed by atoms with E-state index in [2.05, 4.69) is 37.5 Å². The minimum Gasteiger partial charge on any atom is -0.322 e. The van der Waals surface area contributed by atoms with E-state index < -0.39 is 0 Å². The third kappa shape index (κ3) is 5.85. The number of thioether (sulfide) groups is 2. The molecule has 8 heteroatoms. The highest BCUT2D eigenvalue weighted by Gasteiger charge is 2.12. The van der Waals surface area contributed by atoms with Crippen LogP contribution < -0.4 is 5.32 Å². The van der Waals surface area contributed by atoms with Gasteiger partial charge in [-0.15, -0.1) is 0 Å². The molecule has 0 spiro atoms. The Bertz CT molecular complexity index is 925. The van der Waals surface area contributed by atoms with Crippen LogP contribution in [0.5, 0.6) is 0 Å². The maximum absolute atomic E-state index is 12.6. The number of nitrogens with one attached hydrogen (secondary N) is 2. The Morgan fingerprint density at radius 2 is 1.97 bits per heavy atom. The third-order valence-corrected chi connectivity index (χ3v) is 6.57. The number of hydrogen-bond acceptors (Lipinski definition) is 6. The van der Waals surface area contributed by atoms with Gasteiger partial charge in [0.05, 0.1) is 0 Å². The largest absolute Gasteiger partial charge is 0.322 e. The van der Waals surface area contributed by atoms with Crippen LogP contribution in [0.15, 0.2) is 60.0 Å². The van der Waals surface area contributed by atoms with Crippen LogP contribution in [0.4, 0.5) is 5.69 Å². The minimum atomic E-state index is -0.0917. The van der Waals surface area contributed by atoms with Crippen LogP contribution >= 0.6 is 23.5 Å². The molecule has 2 heterocycles. The summed E-state index contributed by atoms with van der Waals surface area (Å²) >= 11 is 3.59. The number of rotatable bonds is 7. The number of nitrogens with zero attached hydrogens (tertiary/aromatic N) is 3. The van der Waals surface area contributed by atoms with E-state index in [9.17, 15) is 4.79 Å². The number of carbonyl (C=O) groups is 1. The highest BCUT2D eigenvalue weighted by molar-refractivity contribution is 7.99. The molecule has 2 N–H and O–H groups in total. The quantitative estimate of drug-likeness (QED) is 0.560. The predicted molar refractivity (Wildman–Crippen MR) is 119 cm³/mol. The van der Waals surface area contributed by atoms with E-state index in [0.29, 0.717) is 5.56 Å². The van der Waals surface area contributed by atoms with Gasteiger partial charge in [0, 0.05) is 48.1 Å². The summed E-state index contributed by atoms with van der Waals surface area (Å²) in [4.78, 5) is 19.2. The molecule has 0 unspecified atom stereocenters. The first-order chi connectivity index (χ1) is 14.3. The Labute approximate surface area is 178 Å². The van der Waals surface area contributed by atoms with Crippen molar-refractivity contribution in [1.29, 1.82) is 0 Å². The normalized spacial score (nSPS) is 14.6. The summed E-state index contributed by atoms with van der Waals surface area (Å²) in [5, 5.41) is 10.5. The number of amides is 1. The molecule has 1 aliphatic rings. The van der Waals surface area contributed by atoms with Crippen LogP contribution in [0.3, 0.4) is 0 Å². The number of H-pyrrole nitrogens is 1. The van der Waals surface area contributed by atoms with Gasteiger partial charge in [0.25, 0.3) is 5.91 Å². The fraction of sp³-hybridized carbons (Fsp3) is 0.286. The van der Waals surface area contributed by atoms with Crippen LogP contribution in [0.25, 0.3) is 0 Å². The molecule has 0 saturated carbocycles. The lowest BCUT2D eigenvalue weighted by Gasteiger charge is -2.26. The predicted octanol–water partition coefficient (Wildman–Crippen LogP) is 3.90. The van der Waals surface area contributed by atoms with Crippen molar-refractivity contribution in [2.75, 3.05) is 29.9 Å². The monoisotopic (exact) mass is 425 g/mol. The molecule has 0 aliphatic carbocycles. The fourth-order valence-electron chi connectivity index (χ4n) is 3.14. The number of carbonyl (C=O) groups excluding carboxylic acids is 1. The Morgan fingerprint density at radius 1 is 1.14 bits per heavy atom. The zero-order valence-electron chi connectivity index (χ0n) is 16.0. The van der Waals surface area contributed by atoms with Crippen molar-refractivity contribution in [1.82, 2.24) is 20.1 Å². The number of aromatic nitrogens is 3. The van der Waals surface area contributed by atoms with Crippen LogP contribution in [0.2, 0.25) is 0 Å². The first kappa shape index (κ1) is 20.0. The molecule has 1 aliphatic heterocycles. The molecular weight excluding hydrogens is 402 g/mol. The van der Waals surface area contributed by atoms with E-state index in [1.165, 1.54) is 23.4 Å². The standard InChI is InChI=1S/C21H23N5OS2/c27-20(18-6-4-16(5-7-18)14-29-21-22-15-23-25-21)24-19-3-1-2-17(12-19)13-26-8-10-28-11-9-26/h1-7,12,15H,8-11,13-14H2,(H,24,27)(H,22,23,25). The lowest BCUT2D eigenvalue weighted by Crippen LogP contribution is -2.31. The minimum absolute atomic E-state index is 0.0917. The first-order valence-corrected chi connectivity index (χ1v) is 11.7. The Balaban J connectivity index is 1.33. The molecule has 29 heavy (non-hydrogen) atoms. The zero-order valence-corrected chi connectivity index (χ0v) is 17.6. The van der Waals surface area contributed by atoms with Crippen molar-refractivity contribution < 1.29 is 4.79 Å². The maximum atomic E-state index is 12.6. The van der Waals surface area contributed by atoms with E-state index in [-0.39, 0.29) is 5.91 Å². The lowest BCUT2D eigenvalue weighted by atomic mass is 10.1. The fourth-order valence-corrected chi connectivity index (χ4v) is 4.85. The molecule has 1 aromatic heterocycles. The van der Waals surface area contributed by atoms with Crippen molar-refractivity contribution >= 4 is 35.1 Å². The number of benzene rings is 2. The van der Waals surface area contributed by atoms with Gasteiger partial charge >= 0.3 is 0 Å². The maximum Gasteiger partial charge on any atom is 0.255 e. The Kier molecular flexibility index (Phi) is 6.87.